The third-order valence-electron chi connectivity index (χ3n) is 6.24. The Balaban J connectivity index is 2.27. The Morgan fingerprint density at radius 3 is 1.45 bits per heavy atom. The van der Waals surface area contributed by atoms with E-state index in [1.807, 2.05) is 0 Å². The number of carboxylic acids is 2. The van der Waals surface area contributed by atoms with Gasteiger partial charge in [0.15, 0.2) is 0 Å². The molecule has 0 saturated heterocycles. The molecule has 0 aromatic heterocycles. The van der Waals surface area contributed by atoms with E-state index in [2.05, 4.69) is 0 Å². The van der Waals surface area contributed by atoms with Crippen LogP contribution in [0.25, 0.3) is 0 Å². The molecule has 2 unspecified atom stereocenters. The van der Waals surface area contributed by atoms with Crippen LogP contribution in [0, 0.1) is 11.8 Å². The van der Waals surface area contributed by atoms with Gasteiger partial charge in [0.25, 0.3) is 0 Å². The number of rotatable bonds is 9. The molecule has 2 rings (SSSR count). The van der Waals surface area contributed by atoms with Crippen molar-refractivity contribution in [1.82, 2.24) is 0 Å². The Labute approximate surface area is 183 Å². The van der Waals surface area contributed by atoms with Crippen LogP contribution in [0.3, 0.4) is 0 Å². The van der Waals surface area contributed by atoms with E-state index in [1.165, 1.54) is 13.8 Å². The van der Waals surface area contributed by atoms with E-state index in [1.54, 1.807) is 0 Å². The highest BCUT2D eigenvalue weighted by atomic mass is 16.5. The van der Waals surface area contributed by atoms with Crippen LogP contribution in [0.5, 0.6) is 0 Å². The predicted octanol–water partition coefficient (Wildman–Crippen LogP) is 3.87. The minimum Gasteiger partial charge on any atom is -0.481 e. The van der Waals surface area contributed by atoms with Gasteiger partial charge in [-0.05, 0) is 70.8 Å². The van der Waals surface area contributed by atoms with Gasteiger partial charge in [0.05, 0.1) is 18.3 Å². The highest BCUT2D eigenvalue weighted by Gasteiger charge is 2.36. The molecule has 2 atom stereocenters. The van der Waals surface area contributed by atoms with E-state index in [-0.39, 0.29) is 17.8 Å². The molecule has 2 fully saturated rings. The molecule has 0 aromatic carbocycles. The molecule has 2 saturated carbocycles. The van der Waals surface area contributed by atoms with Crippen LogP contribution in [0.1, 0.15) is 84.5 Å². The second-order valence-corrected chi connectivity index (χ2v) is 8.65. The molecule has 0 aromatic rings. The Morgan fingerprint density at radius 2 is 1.13 bits per heavy atom. The Morgan fingerprint density at radius 1 is 0.742 bits per heavy atom. The first-order valence-corrected chi connectivity index (χ1v) is 11.3. The maximum Gasteiger partial charge on any atom is 0.332 e. The lowest BCUT2D eigenvalue weighted by molar-refractivity contribution is -0.156. The first-order valence-electron chi connectivity index (χ1n) is 11.3. The molecule has 2 N–H and O–H groups in total. The van der Waals surface area contributed by atoms with Crippen LogP contribution >= 0.6 is 0 Å². The molecule has 0 heterocycles. The molecule has 8 nitrogen and oxygen atoms in total. The maximum absolute atomic E-state index is 12.8. The average Bonchev–Trinajstić information content (AvgIpc) is 2.74. The maximum atomic E-state index is 12.8. The van der Waals surface area contributed by atoms with Crippen molar-refractivity contribution in [1.29, 1.82) is 0 Å². The van der Waals surface area contributed by atoms with Gasteiger partial charge in [-0.2, -0.15) is 0 Å². The van der Waals surface area contributed by atoms with Gasteiger partial charge in [0.1, 0.15) is 12.2 Å². The summed E-state index contributed by atoms with van der Waals surface area (Å²) in [5.74, 6) is -6.23. The van der Waals surface area contributed by atoms with Crippen molar-refractivity contribution in [3.8, 4) is 0 Å². The van der Waals surface area contributed by atoms with Crippen LogP contribution in [-0.2, 0) is 28.7 Å². The van der Waals surface area contributed by atoms with E-state index < -0.39 is 47.7 Å². The minimum atomic E-state index is -1.47. The molecule has 0 bridgehead atoms. The summed E-state index contributed by atoms with van der Waals surface area (Å²) in [4.78, 5) is 48.9. The highest BCUT2D eigenvalue weighted by Crippen LogP contribution is 2.31. The topological polar surface area (TPSA) is 127 Å². The Bertz CT molecular complexity index is 658. The van der Waals surface area contributed by atoms with Gasteiger partial charge in [0.2, 0.25) is 0 Å². The van der Waals surface area contributed by atoms with Crippen molar-refractivity contribution in [2.45, 2.75) is 96.7 Å². The molecule has 0 amide bonds. The van der Waals surface area contributed by atoms with Gasteiger partial charge >= 0.3 is 23.9 Å². The summed E-state index contributed by atoms with van der Waals surface area (Å²) in [5.41, 5.74) is -0.509. The SMILES string of the molecule is CC(C(=O)OC1CCCCC1)C(=C(CC(=O)O)C(=O)O)C(C)C(=O)OC1CCCCC1. The zero-order valence-electron chi connectivity index (χ0n) is 18.4. The zero-order valence-corrected chi connectivity index (χ0v) is 18.4. The first kappa shape index (κ1) is 24.9. The van der Waals surface area contributed by atoms with Crippen LogP contribution in [0.4, 0.5) is 0 Å². The minimum absolute atomic E-state index is 0.0449. The first-order chi connectivity index (χ1) is 14.7. The molecule has 2 aliphatic carbocycles. The molecule has 0 radical (unpaired) electrons. The summed E-state index contributed by atoms with van der Waals surface area (Å²) in [6.45, 7) is 2.94. The summed E-state index contributed by atoms with van der Waals surface area (Å²) in [6, 6.07) is 0. The molecular weight excluding hydrogens is 404 g/mol. The summed E-state index contributed by atoms with van der Waals surface area (Å²) < 4.78 is 11.2. The van der Waals surface area contributed by atoms with E-state index in [0.29, 0.717) is 0 Å². The van der Waals surface area contributed by atoms with Gasteiger partial charge in [0, 0.05) is 5.57 Å². The van der Waals surface area contributed by atoms with E-state index in [0.717, 1.165) is 64.2 Å². The van der Waals surface area contributed by atoms with Crippen molar-refractivity contribution in [3.63, 3.8) is 0 Å². The third-order valence-corrected chi connectivity index (χ3v) is 6.24. The fourth-order valence-corrected chi connectivity index (χ4v) is 4.50. The van der Waals surface area contributed by atoms with Crippen LogP contribution < -0.4 is 0 Å². The molecule has 174 valence electrons. The summed E-state index contributed by atoms with van der Waals surface area (Å²) in [7, 11) is 0. The van der Waals surface area contributed by atoms with Crippen molar-refractivity contribution >= 4 is 23.9 Å². The van der Waals surface area contributed by atoms with E-state index in [4.69, 9.17) is 9.47 Å². The van der Waals surface area contributed by atoms with E-state index in [9.17, 15) is 29.4 Å². The monoisotopic (exact) mass is 438 g/mol. The quantitative estimate of drug-likeness (QED) is 0.410. The fourth-order valence-electron chi connectivity index (χ4n) is 4.50. The zero-order chi connectivity index (χ0) is 23.0. The second kappa shape index (κ2) is 11.9. The van der Waals surface area contributed by atoms with Gasteiger partial charge in [-0.3, -0.25) is 14.4 Å². The standard InChI is InChI=1S/C23H34O8/c1-14(22(28)30-16-9-5-3-6-10-16)20(18(21(26)27)13-19(24)25)15(2)23(29)31-17-11-7-4-8-12-17/h14-17H,3-13H2,1-2H3,(H,24,25)(H,26,27). The lowest BCUT2D eigenvalue weighted by Gasteiger charge is -2.28. The van der Waals surface area contributed by atoms with Crippen LogP contribution in [0.15, 0.2) is 11.1 Å². The van der Waals surface area contributed by atoms with Gasteiger partial charge in [-0.15, -0.1) is 0 Å². The number of hydrogen-bond donors (Lipinski definition) is 2. The fraction of sp³-hybridized carbons (Fsp3) is 0.739. The average molecular weight is 439 g/mol. The van der Waals surface area contributed by atoms with Crippen LogP contribution in [0.2, 0.25) is 0 Å². The third kappa shape index (κ3) is 7.36. The molecule has 0 spiro atoms. The second-order valence-electron chi connectivity index (χ2n) is 8.65. The lowest BCUT2D eigenvalue weighted by Crippen LogP contribution is -2.33. The molecular formula is C23H34O8. The van der Waals surface area contributed by atoms with Crippen molar-refractivity contribution in [3.05, 3.63) is 11.1 Å². The van der Waals surface area contributed by atoms with Gasteiger partial charge in [-0.25, -0.2) is 4.79 Å². The van der Waals surface area contributed by atoms with Gasteiger partial charge in [-0.1, -0.05) is 12.8 Å². The Kier molecular flexibility index (Phi) is 9.52. The van der Waals surface area contributed by atoms with E-state index >= 15 is 0 Å². The number of aliphatic carboxylic acids is 2. The number of carboxylic acid groups (broad SMARTS) is 2. The summed E-state index contributed by atoms with van der Waals surface area (Å²) in [5, 5.41) is 18.9. The molecule has 8 heteroatoms. The highest BCUT2D eigenvalue weighted by molar-refractivity contribution is 5.96. The Hall–Kier alpha value is -2.38. The largest absolute Gasteiger partial charge is 0.481 e. The lowest BCUT2D eigenvalue weighted by atomic mass is 9.84. The predicted molar refractivity (Wildman–Crippen MR) is 111 cm³/mol. The molecule has 2 aliphatic rings. The van der Waals surface area contributed by atoms with Gasteiger partial charge < -0.3 is 19.7 Å². The number of ether oxygens (including phenoxy) is 2. The van der Waals surface area contributed by atoms with Crippen molar-refractivity contribution in [2.24, 2.45) is 11.8 Å². The van der Waals surface area contributed by atoms with Crippen LogP contribution in [-0.4, -0.2) is 46.3 Å². The van der Waals surface area contributed by atoms with Crippen molar-refractivity contribution < 1.29 is 38.9 Å². The number of carbonyl (C=O) groups excluding carboxylic acids is 2. The molecule has 0 aliphatic heterocycles. The number of hydrogen-bond acceptors (Lipinski definition) is 6. The normalized spacial score (nSPS) is 19.7. The van der Waals surface area contributed by atoms with Crippen molar-refractivity contribution in [2.75, 3.05) is 0 Å². The summed E-state index contributed by atoms with van der Waals surface area (Å²) >= 11 is 0. The number of esters is 2. The smallest absolute Gasteiger partial charge is 0.332 e. The number of carbonyl (C=O) groups is 4. The summed E-state index contributed by atoms with van der Waals surface area (Å²) in [6.07, 6.45) is 7.72. The molecule has 31 heavy (non-hydrogen) atoms.